The van der Waals surface area contributed by atoms with Gasteiger partial charge in [-0.1, -0.05) is 6.92 Å². The van der Waals surface area contributed by atoms with Gasteiger partial charge in [-0.2, -0.15) is 0 Å². The highest BCUT2D eigenvalue weighted by Gasteiger charge is 2.16. The van der Waals surface area contributed by atoms with Crippen molar-refractivity contribution in [3.05, 3.63) is 17.5 Å². The molecule has 0 saturated carbocycles. The second-order valence-corrected chi connectivity index (χ2v) is 4.09. The van der Waals surface area contributed by atoms with Crippen molar-refractivity contribution in [2.45, 2.75) is 20.3 Å². The number of carboxylic acid groups (broad SMARTS) is 1. The Morgan fingerprint density at radius 1 is 1.42 bits per heavy atom. The summed E-state index contributed by atoms with van der Waals surface area (Å²) >= 11 is 0. The summed E-state index contributed by atoms with van der Waals surface area (Å²) < 4.78 is 0. The molecular formula is C12H18N4O3. The van der Waals surface area contributed by atoms with Gasteiger partial charge in [0.2, 0.25) is 11.9 Å². The molecule has 104 valence electrons. The van der Waals surface area contributed by atoms with Crippen LogP contribution < -0.4 is 10.2 Å². The summed E-state index contributed by atoms with van der Waals surface area (Å²) in [7, 11) is 1.55. The van der Waals surface area contributed by atoms with Crippen molar-refractivity contribution in [1.29, 1.82) is 0 Å². The van der Waals surface area contributed by atoms with Gasteiger partial charge in [0.1, 0.15) is 0 Å². The monoisotopic (exact) mass is 266 g/mol. The number of amides is 1. The zero-order valence-electron chi connectivity index (χ0n) is 11.3. The van der Waals surface area contributed by atoms with Crippen molar-refractivity contribution in [2.24, 2.45) is 0 Å². The number of likely N-dealkylation sites (N-methyl/N-ethyl adjacent to an activating group) is 1. The van der Waals surface area contributed by atoms with Gasteiger partial charge in [0.25, 0.3) is 0 Å². The number of aromatic nitrogens is 2. The Morgan fingerprint density at radius 2 is 2.11 bits per heavy atom. The lowest BCUT2D eigenvalue weighted by Crippen LogP contribution is -2.37. The maximum Gasteiger partial charge on any atom is 0.354 e. The number of nitrogens with zero attached hydrogens (tertiary/aromatic N) is 3. The molecular weight excluding hydrogens is 248 g/mol. The molecule has 0 radical (unpaired) electrons. The standard InChI is InChI=1S/C12H18N4O3/c1-4-5-16(7-10(17)13-3)12-14-8(2)6-9(15-12)11(18)19/h6H,4-5,7H2,1-3H3,(H,13,17)(H,18,19). The van der Waals surface area contributed by atoms with Gasteiger partial charge in [-0.05, 0) is 19.4 Å². The van der Waals surface area contributed by atoms with Crippen molar-refractivity contribution in [1.82, 2.24) is 15.3 Å². The van der Waals surface area contributed by atoms with Crippen LogP contribution in [0.4, 0.5) is 5.95 Å². The second kappa shape index (κ2) is 6.67. The quantitative estimate of drug-likeness (QED) is 0.776. The highest BCUT2D eigenvalue weighted by atomic mass is 16.4. The number of carbonyl (C=O) groups is 2. The molecule has 0 unspecified atom stereocenters. The molecule has 1 amide bonds. The lowest BCUT2D eigenvalue weighted by atomic mass is 10.3. The summed E-state index contributed by atoms with van der Waals surface area (Å²) in [5.74, 6) is -1.01. The van der Waals surface area contributed by atoms with E-state index < -0.39 is 5.97 Å². The lowest BCUT2D eigenvalue weighted by molar-refractivity contribution is -0.119. The molecule has 1 aromatic heterocycles. The number of carboxylic acids is 1. The van der Waals surface area contributed by atoms with Crippen LogP contribution in [-0.4, -0.2) is 47.1 Å². The molecule has 0 fully saturated rings. The molecule has 1 rings (SSSR count). The van der Waals surface area contributed by atoms with Crippen molar-refractivity contribution in [2.75, 3.05) is 25.0 Å². The third kappa shape index (κ3) is 4.20. The number of rotatable bonds is 6. The molecule has 0 bridgehead atoms. The van der Waals surface area contributed by atoms with Crippen LogP contribution >= 0.6 is 0 Å². The molecule has 1 heterocycles. The van der Waals surface area contributed by atoms with Crippen molar-refractivity contribution < 1.29 is 14.7 Å². The normalized spacial score (nSPS) is 10.1. The topological polar surface area (TPSA) is 95.4 Å². The maximum atomic E-state index is 11.4. The predicted octanol–water partition coefficient (Wildman–Crippen LogP) is 0.446. The minimum Gasteiger partial charge on any atom is -0.477 e. The molecule has 0 atom stereocenters. The van der Waals surface area contributed by atoms with Crippen LogP contribution in [0, 0.1) is 6.92 Å². The highest BCUT2D eigenvalue weighted by Crippen LogP contribution is 2.11. The van der Waals surface area contributed by atoms with Gasteiger partial charge in [0, 0.05) is 19.3 Å². The molecule has 19 heavy (non-hydrogen) atoms. The van der Waals surface area contributed by atoms with Crippen LogP contribution in [0.2, 0.25) is 0 Å². The van der Waals surface area contributed by atoms with E-state index in [1.54, 1.807) is 18.9 Å². The first-order valence-corrected chi connectivity index (χ1v) is 6.02. The molecule has 2 N–H and O–H groups in total. The van der Waals surface area contributed by atoms with Gasteiger partial charge < -0.3 is 15.3 Å². The molecule has 0 aliphatic heterocycles. The number of hydrogen-bond acceptors (Lipinski definition) is 5. The van der Waals surface area contributed by atoms with Crippen LogP contribution in [0.1, 0.15) is 29.5 Å². The summed E-state index contributed by atoms with van der Waals surface area (Å²) in [5.41, 5.74) is 0.487. The Hall–Kier alpha value is -2.18. The van der Waals surface area contributed by atoms with E-state index in [0.717, 1.165) is 6.42 Å². The fourth-order valence-corrected chi connectivity index (χ4v) is 1.58. The van der Waals surface area contributed by atoms with E-state index in [2.05, 4.69) is 15.3 Å². The summed E-state index contributed by atoms with van der Waals surface area (Å²) in [5, 5.41) is 11.5. The molecule has 0 aromatic carbocycles. The first-order chi connectivity index (χ1) is 8.97. The first-order valence-electron chi connectivity index (χ1n) is 6.02. The zero-order chi connectivity index (χ0) is 14.4. The van der Waals surface area contributed by atoms with E-state index in [0.29, 0.717) is 12.2 Å². The number of hydrogen-bond donors (Lipinski definition) is 2. The van der Waals surface area contributed by atoms with E-state index in [-0.39, 0.29) is 24.1 Å². The van der Waals surface area contributed by atoms with Crippen LogP contribution in [0.15, 0.2) is 6.07 Å². The molecule has 0 aliphatic carbocycles. The van der Waals surface area contributed by atoms with Gasteiger partial charge in [-0.3, -0.25) is 4.79 Å². The lowest BCUT2D eigenvalue weighted by Gasteiger charge is -2.21. The Morgan fingerprint density at radius 3 is 2.63 bits per heavy atom. The number of aryl methyl sites for hydroxylation is 1. The third-order valence-electron chi connectivity index (χ3n) is 2.45. The van der Waals surface area contributed by atoms with Crippen LogP contribution in [-0.2, 0) is 4.79 Å². The molecule has 7 heteroatoms. The molecule has 7 nitrogen and oxygen atoms in total. The smallest absolute Gasteiger partial charge is 0.354 e. The van der Waals surface area contributed by atoms with Gasteiger partial charge in [0.05, 0.1) is 6.54 Å². The van der Waals surface area contributed by atoms with Gasteiger partial charge in [0.15, 0.2) is 5.69 Å². The average molecular weight is 266 g/mol. The Bertz CT molecular complexity index is 476. The van der Waals surface area contributed by atoms with E-state index in [1.165, 1.54) is 6.07 Å². The Labute approximate surface area is 111 Å². The highest BCUT2D eigenvalue weighted by molar-refractivity contribution is 5.86. The average Bonchev–Trinajstić information content (AvgIpc) is 2.37. The minimum absolute atomic E-state index is 0.0690. The SMILES string of the molecule is CCCN(CC(=O)NC)c1nc(C)cc(C(=O)O)n1. The third-order valence-corrected chi connectivity index (χ3v) is 2.45. The number of carbonyl (C=O) groups excluding carboxylic acids is 1. The number of nitrogens with one attached hydrogen (secondary N) is 1. The van der Waals surface area contributed by atoms with Crippen LogP contribution in [0.3, 0.4) is 0 Å². The van der Waals surface area contributed by atoms with E-state index >= 15 is 0 Å². The largest absolute Gasteiger partial charge is 0.477 e. The summed E-state index contributed by atoms with van der Waals surface area (Å²) in [6.45, 7) is 4.34. The molecule has 0 saturated heterocycles. The van der Waals surface area contributed by atoms with E-state index in [1.807, 2.05) is 6.92 Å². The van der Waals surface area contributed by atoms with Gasteiger partial charge >= 0.3 is 5.97 Å². The molecule has 0 aliphatic rings. The predicted molar refractivity (Wildman–Crippen MR) is 70.3 cm³/mol. The molecule has 1 aromatic rings. The Balaban J connectivity index is 3.07. The van der Waals surface area contributed by atoms with Gasteiger partial charge in [-0.25, -0.2) is 14.8 Å². The van der Waals surface area contributed by atoms with E-state index in [4.69, 9.17) is 5.11 Å². The van der Waals surface area contributed by atoms with Crippen molar-refractivity contribution in [3.63, 3.8) is 0 Å². The van der Waals surface area contributed by atoms with Gasteiger partial charge in [-0.15, -0.1) is 0 Å². The number of aromatic carboxylic acids is 1. The van der Waals surface area contributed by atoms with E-state index in [9.17, 15) is 9.59 Å². The van der Waals surface area contributed by atoms with Crippen LogP contribution in [0.5, 0.6) is 0 Å². The van der Waals surface area contributed by atoms with Crippen LogP contribution in [0.25, 0.3) is 0 Å². The first kappa shape index (κ1) is 14.9. The summed E-state index contributed by atoms with van der Waals surface area (Å²) in [6, 6.07) is 1.40. The Kier molecular flexibility index (Phi) is 5.23. The maximum absolute atomic E-state index is 11.4. The fraction of sp³-hybridized carbons (Fsp3) is 0.500. The fourth-order valence-electron chi connectivity index (χ4n) is 1.58. The number of anilines is 1. The van der Waals surface area contributed by atoms with Crippen molar-refractivity contribution in [3.8, 4) is 0 Å². The second-order valence-electron chi connectivity index (χ2n) is 4.09. The zero-order valence-corrected chi connectivity index (χ0v) is 11.3. The summed E-state index contributed by atoms with van der Waals surface area (Å²) in [6.07, 6.45) is 0.802. The van der Waals surface area contributed by atoms with Crippen molar-refractivity contribution >= 4 is 17.8 Å². The minimum atomic E-state index is -1.11. The summed E-state index contributed by atoms with van der Waals surface area (Å²) in [4.78, 5) is 32.3. The molecule has 0 spiro atoms.